The second-order valence-electron chi connectivity index (χ2n) is 4.62. The first-order valence-corrected chi connectivity index (χ1v) is 6.48. The van der Waals surface area contributed by atoms with E-state index in [-0.39, 0.29) is 0 Å². The number of oxime groups is 1. The van der Waals surface area contributed by atoms with Crippen LogP contribution in [0.15, 0.2) is 5.16 Å². The summed E-state index contributed by atoms with van der Waals surface area (Å²) in [5.74, 6) is 0.347. The number of nitrogens with zero attached hydrogens (tertiary/aromatic N) is 2. The molecule has 1 fully saturated rings. The lowest BCUT2D eigenvalue weighted by atomic mass is 9.94. The smallest absolute Gasteiger partial charge is 0.139 e. The molecule has 0 radical (unpaired) electrons. The number of rotatable bonds is 6. The molecule has 3 N–H and O–H groups in total. The van der Waals surface area contributed by atoms with E-state index in [1.54, 1.807) is 0 Å². The lowest BCUT2D eigenvalue weighted by Crippen LogP contribution is -2.37. The summed E-state index contributed by atoms with van der Waals surface area (Å²) in [4.78, 5) is 2.55. The van der Waals surface area contributed by atoms with Gasteiger partial charge in [-0.05, 0) is 32.4 Å². The van der Waals surface area contributed by atoms with E-state index in [4.69, 9.17) is 10.9 Å². The third-order valence-electron chi connectivity index (χ3n) is 3.50. The van der Waals surface area contributed by atoms with Gasteiger partial charge in [0, 0.05) is 12.5 Å². The van der Waals surface area contributed by atoms with E-state index in [1.165, 1.54) is 32.1 Å². The summed E-state index contributed by atoms with van der Waals surface area (Å²) in [6.45, 7) is 4.40. The van der Waals surface area contributed by atoms with Gasteiger partial charge in [-0.2, -0.15) is 0 Å². The van der Waals surface area contributed by atoms with Crippen LogP contribution in [0.25, 0.3) is 0 Å². The zero-order valence-corrected chi connectivity index (χ0v) is 10.4. The standard InChI is InChI=1S/C12H25N3O/c1-2-15(10-6-9-12(13)14-16)11-7-4-3-5-8-11/h11,16H,2-10H2,1H3,(H2,13,14). The van der Waals surface area contributed by atoms with E-state index in [0.717, 1.165) is 25.6 Å². The van der Waals surface area contributed by atoms with Crippen molar-refractivity contribution in [2.24, 2.45) is 10.9 Å². The van der Waals surface area contributed by atoms with Gasteiger partial charge in [0.15, 0.2) is 0 Å². The van der Waals surface area contributed by atoms with Gasteiger partial charge in [0.25, 0.3) is 0 Å². The van der Waals surface area contributed by atoms with Crippen molar-refractivity contribution < 1.29 is 5.21 Å². The fourth-order valence-electron chi connectivity index (χ4n) is 2.56. The zero-order chi connectivity index (χ0) is 11.8. The van der Waals surface area contributed by atoms with Gasteiger partial charge in [-0.25, -0.2) is 0 Å². The van der Waals surface area contributed by atoms with E-state index in [9.17, 15) is 0 Å². The Balaban J connectivity index is 2.25. The summed E-state index contributed by atoms with van der Waals surface area (Å²) in [6.07, 6.45) is 8.52. The molecule has 0 aliphatic heterocycles. The van der Waals surface area contributed by atoms with Gasteiger partial charge in [0.2, 0.25) is 0 Å². The molecule has 0 aromatic heterocycles. The van der Waals surface area contributed by atoms with Gasteiger partial charge in [-0.3, -0.25) is 0 Å². The molecule has 0 saturated heterocycles. The van der Waals surface area contributed by atoms with Gasteiger partial charge in [0.1, 0.15) is 5.84 Å². The Bertz CT molecular complexity index is 212. The molecule has 0 amide bonds. The molecule has 0 aromatic carbocycles. The van der Waals surface area contributed by atoms with Crippen molar-refractivity contribution in [3.05, 3.63) is 0 Å². The lowest BCUT2D eigenvalue weighted by molar-refractivity contribution is 0.162. The summed E-state index contributed by atoms with van der Waals surface area (Å²) < 4.78 is 0. The van der Waals surface area contributed by atoms with Gasteiger partial charge in [0.05, 0.1) is 0 Å². The second-order valence-corrected chi connectivity index (χ2v) is 4.62. The fraction of sp³-hybridized carbons (Fsp3) is 0.917. The van der Waals surface area contributed by atoms with Crippen LogP contribution >= 0.6 is 0 Å². The average Bonchev–Trinajstić information content (AvgIpc) is 2.35. The molecule has 0 unspecified atom stereocenters. The van der Waals surface area contributed by atoms with Gasteiger partial charge < -0.3 is 15.8 Å². The molecule has 0 aromatic rings. The minimum Gasteiger partial charge on any atom is -0.409 e. The topological polar surface area (TPSA) is 61.8 Å². The van der Waals surface area contributed by atoms with Crippen LogP contribution in [0, 0.1) is 0 Å². The van der Waals surface area contributed by atoms with Crippen LogP contribution in [-0.4, -0.2) is 35.1 Å². The van der Waals surface area contributed by atoms with Gasteiger partial charge in [-0.1, -0.05) is 31.3 Å². The minimum absolute atomic E-state index is 0.347. The molecular weight excluding hydrogens is 202 g/mol. The summed E-state index contributed by atoms with van der Waals surface area (Å²) in [5.41, 5.74) is 5.46. The number of amidine groups is 1. The quantitative estimate of drug-likeness (QED) is 0.316. The third kappa shape index (κ3) is 4.39. The van der Waals surface area contributed by atoms with Crippen LogP contribution < -0.4 is 5.73 Å². The van der Waals surface area contributed by atoms with Crippen molar-refractivity contribution in [1.82, 2.24) is 4.90 Å². The molecule has 4 heteroatoms. The molecule has 0 atom stereocenters. The Labute approximate surface area is 98.5 Å². The van der Waals surface area contributed by atoms with Crippen molar-refractivity contribution in [3.63, 3.8) is 0 Å². The predicted octanol–water partition coefficient (Wildman–Crippen LogP) is 2.17. The molecule has 94 valence electrons. The maximum Gasteiger partial charge on any atom is 0.139 e. The lowest BCUT2D eigenvalue weighted by Gasteiger charge is -2.33. The molecule has 1 aliphatic rings. The SMILES string of the molecule is CCN(CCC/C(N)=N/O)C1CCCCC1. The Hall–Kier alpha value is -0.770. The van der Waals surface area contributed by atoms with Crippen LogP contribution in [0.2, 0.25) is 0 Å². The number of nitrogens with two attached hydrogens (primary N) is 1. The Morgan fingerprint density at radius 1 is 1.38 bits per heavy atom. The summed E-state index contributed by atoms with van der Waals surface area (Å²) in [7, 11) is 0. The maximum absolute atomic E-state index is 8.46. The highest BCUT2D eigenvalue weighted by atomic mass is 16.4. The largest absolute Gasteiger partial charge is 0.409 e. The zero-order valence-electron chi connectivity index (χ0n) is 10.4. The van der Waals surface area contributed by atoms with E-state index in [0.29, 0.717) is 12.3 Å². The van der Waals surface area contributed by atoms with Crippen molar-refractivity contribution in [2.45, 2.75) is 57.9 Å². The first kappa shape index (κ1) is 13.3. The van der Waals surface area contributed by atoms with Crippen molar-refractivity contribution >= 4 is 5.84 Å². The second kappa shape index (κ2) is 7.49. The van der Waals surface area contributed by atoms with E-state index < -0.39 is 0 Å². The molecule has 0 heterocycles. The van der Waals surface area contributed by atoms with Gasteiger partial charge in [-0.15, -0.1) is 0 Å². The molecule has 0 spiro atoms. The van der Waals surface area contributed by atoms with Crippen LogP contribution in [0.5, 0.6) is 0 Å². The molecule has 0 bridgehead atoms. The van der Waals surface area contributed by atoms with Crippen molar-refractivity contribution in [3.8, 4) is 0 Å². The number of hydrogen-bond acceptors (Lipinski definition) is 3. The first-order valence-electron chi connectivity index (χ1n) is 6.48. The molecular formula is C12H25N3O. The Kier molecular flexibility index (Phi) is 6.23. The Morgan fingerprint density at radius 2 is 2.06 bits per heavy atom. The van der Waals surface area contributed by atoms with Crippen molar-refractivity contribution in [1.29, 1.82) is 0 Å². The van der Waals surface area contributed by atoms with Crippen LogP contribution in [0.3, 0.4) is 0 Å². The maximum atomic E-state index is 8.46. The fourth-order valence-corrected chi connectivity index (χ4v) is 2.56. The van der Waals surface area contributed by atoms with Gasteiger partial charge >= 0.3 is 0 Å². The highest BCUT2D eigenvalue weighted by molar-refractivity contribution is 5.79. The molecule has 1 rings (SSSR count). The first-order chi connectivity index (χ1) is 7.77. The van der Waals surface area contributed by atoms with E-state index >= 15 is 0 Å². The predicted molar refractivity (Wildman–Crippen MR) is 66.8 cm³/mol. The highest BCUT2D eigenvalue weighted by Gasteiger charge is 2.19. The van der Waals surface area contributed by atoms with Crippen LogP contribution in [-0.2, 0) is 0 Å². The average molecular weight is 227 g/mol. The Morgan fingerprint density at radius 3 is 2.62 bits per heavy atom. The summed E-state index contributed by atoms with van der Waals surface area (Å²) in [5, 5.41) is 11.5. The van der Waals surface area contributed by atoms with Crippen LogP contribution in [0.1, 0.15) is 51.9 Å². The molecule has 1 saturated carbocycles. The minimum atomic E-state index is 0.347. The summed E-state index contributed by atoms with van der Waals surface area (Å²) in [6, 6.07) is 0.769. The van der Waals surface area contributed by atoms with E-state index in [1.807, 2.05) is 0 Å². The van der Waals surface area contributed by atoms with Crippen LogP contribution in [0.4, 0.5) is 0 Å². The highest BCUT2D eigenvalue weighted by Crippen LogP contribution is 2.22. The number of hydrogen-bond donors (Lipinski definition) is 2. The normalized spacial score (nSPS) is 19.2. The molecule has 4 nitrogen and oxygen atoms in total. The molecule has 16 heavy (non-hydrogen) atoms. The van der Waals surface area contributed by atoms with E-state index in [2.05, 4.69) is 17.0 Å². The monoisotopic (exact) mass is 227 g/mol. The third-order valence-corrected chi connectivity index (χ3v) is 3.50. The van der Waals surface area contributed by atoms with Crippen molar-refractivity contribution in [2.75, 3.05) is 13.1 Å². The molecule has 1 aliphatic carbocycles. The summed E-state index contributed by atoms with van der Waals surface area (Å²) >= 11 is 0.